The van der Waals surface area contributed by atoms with Gasteiger partial charge in [-0.25, -0.2) is 4.98 Å². The molecule has 0 aliphatic heterocycles. The summed E-state index contributed by atoms with van der Waals surface area (Å²) >= 11 is 0. The lowest BCUT2D eigenvalue weighted by Crippen LogP contribution is -2.43. The Hall–Kier alpha value is -1.88. The Labute approximate surface area is 105 Å². The number of nitrogens with zero attached hydrogens (tertiary/aromatic N) is 2. The average molecular weight is 247 g/mol. The van der Waals surface area contributed by atoms with Crippen LogP contribution in [0.1, 0.15) is 19.7 Å². The van der Waals surface area contributed by atoms with E-state index in [0.29, 0.717) is 0 Å². The van der Waals surface area contributed by atoms with Gasteiger partial charge in [0.1, 0.15) is 11.4 Å². The Morgan fingerprint density at radius 1 is 1.44 bits per heavy atom. The molecule has 0 fully saturated rings. The standard InChI is InChI=1S/C13H17N3O2/c1-8-14-10-6-5-9(7-11(10)15-8)16(4)12(17)13(2,3)18/h5-7,18H,1-4H3,(H,14,15). The van der Waals surface area contributed by atoms with Crippen LogP contribution < -0.4 is 4.90 Å². The Balaban J connectivity index is 2.39. The highest BCUT2D eigenvalue weighted by molar-refractivity contribution is 5.99. The summed E-state index contributed by atoms with van der Waals surface area (Å²) in [6, 6.07) is 5.51. The van der Waals surface area contributed by atoms with Crippen LogP contribution in [0.15, 0.2) is 18.2 Å². The van der Waals surface area contributed by atoms with Crippen LogP contribution in [-0.4, -0.2) is 33.6 Å². The van der Waals surface area contributed by atoms with Gasteiger partial charge in [0.05, 0.1) is 11.0 Å². The van der Waals surface area contributed by atoms with Gasteiger partial charge >= 0.3 is 0 Å². The van der Waals surface area contributed by atoms with E-state index < -0.39 is 5.60 Å². The predicted octanol–water partition coefficient (Wildman–Crippen LogP) is 1.61. The van der Waals surface area contributed by atoms with E-state index in [9.17, 15) is 9.90 Å². The largest absolute Gasteiger partial charge is 0.381 e. The number of aromatic amines is 1. The molecule has 0 spiro atoms. The number of likely N-dealkylation sites (N-methyl/N-ethyl adjacent to an activating group) is 1. The summed E-state index contributed by atoms with van der Waals surface area (Å²) in [5.74, 6) is 0.483. The molecule has 1 aromatic carbocycles. The lowest BCUT2D eigenvalue weighted by Gasteiger charge is -2.24. The average Bonchev–Trinajstić information content (AvgIpc) is 2.64. The number of aromatic nitrogens is 2. The van der Waals surface area contributed by atoms with Gasteiger partial charge < -0.3 is 15.0 Å². The number of rotatable bonds is 2. The molecule has 1 aromatic heterocycles. The molecule has 96 valence electrons. The molecule has 0 atom stereocenters. The molecule has 0 bridgehead atoms. The second-order valence-electron chi connectivity index (χ2n) is 4.95. The number of H-pyrrole nitrogens is 1. The molecule has 18 heavy (non-hydrogen) atoms. The number of carbonyl (C=O) groups excluding carboxylic acids is 1. The van der Waals surface area contributed by atoms with Gasteiger partial charge in [-0.3, -0.25) is 4.79 Å². The highest BCUT2D eigenvalue weighted by Gasteiger charge is 2.28. The summed E-state index contributed by atoms with van der Waals surface area (Å²) in [5.41, 5.74) is 1.08. The van der Waals surface area contributed by atoms with Crippen LogP contribution in [0.5, 0.6) is 0 Å². The van der Waals surface area contributed by atoms with Crippen molar-refractivity contribution in [3.63, 3.8) is 0 Å². The van der Waals surface area contributed by atoms with Gasteiger partial charge in [-0.15, -0.1) is 0 Å². The molecule has 2 N–H and O–H groups in total. The molecule has 2 aromatic rings. The normalized spacial score (nSPS) is 11.8. The first-order chi connectivity index (χ1) is 8.29. The van der Waals surface area contributed by atoms with Crippen molar-refractivity contribution in [1.82, 2.24) is 9.97 Å². The zero-order chi connectivity index (χ0) is 13.5. The van der Waals surface area contributed by atoms with Gasteiger partial charge in [0, 0.05) is 12.7 Å². The number of anilines is 1. The Bertz CT molecular complexity index is 596. The highest BCUT2D eigenvalue weighted by Crippen LogP contribution is 2.21. The molecule has 1 amide bonds. The van der Waals surface area contributed by atoms with Gasteiger partial charge in [-0.05, 0) is 39.0 Å². The molecule has 0 saturated carbocycles. The summed E-state index contributed by atoms with van der Waals surface area (Å²) in [4.78, 5) is 20.8. The lowest BCUT2D eigenvalue weighted by atomic mass is 10.1. The summed E-state index contributed by atoms with van der Waals surface area (Å²) in [5, 5.41) is 9.72. The predicted molar refractivity (Wildman–Crippen MR) is 70.5 cm³/mol. The number of benzene rings is 1. The maximum absolute atomic E-state index is 12.0. The zero-order valence-electron chi connectivity index (χ0n) is 11.0. The SMILES string of the molecule is Cc1nc2ccc(N(C)C(=O)C(C)(C)O)cc2[nH]1. The van der Waals surface area contributed by atoms with E-state index >= 15 is 0 Å². The number of hydrogen-bond acceptors (Lipinski definition) is 3. The number of amides is 1. The van der Waals surface area contributed by atoms with Crippen LogP contribution in [0, 0.1) is 6.92 Å². The molecule has 2 rings (SSSR count). The van der Waals surface area contributed by atoms with Gasteiger partial charge in [0.15, 0.2) is 0 Å². The number of carbonyl (C=O) groups is 1. The first-order valence-corrected chi connectivity index (χ1v) is 5.76. The van der Waals surface area contributed by atoms with Gasteiger partial charge in [-0.1, -0.05) is 0 Å². The number of nitrogens with one attached hydrogen (secondary N) is 1. The topological polar surface area (TPSA) is 69.2 Å². The third kappa shape index (κ3) is 2.22. The van der Waals surface area contributed by atoms with Crippen molar-refractivity contribution in [2.75, 3.05) is 11.9 Å². The molecular weight excluding hydrogens is 230 g/mol. The molecule has 0 unspecified atom stereocenters. The highest BCUT2D eigenvalue weighted by atomic mass is 16.3. The molecule has 0 aliphatic rings. The van der Waals surface area contributed by atoms with Crippen LogP contribution in [0.3, 0.4) is 0 Å². The van der Waals surface area contributed by atoms with Crippen LogP contribution in [-0.2, 0) is 4.79 Å². The fourth-order valence-electron chi connectivity index (χ4n) is 1.86. The van der Waals surface area contributed by atoms with E-state index in [0.717, 1.165) is 22.5 Å². The first-order valence-electron chi connectivity index (χ1n) is 5.76. The van der Waals surface area contributed by atoms with Crippen molar-refractivity contribution < 1.29 is 9.90 Å². The maximum Gasteiger partial charge on any atom is 0.258 e. The molecular formula is C13H17N3O2. The zero-order valence-corrected chi connectivity index (χ0v) is 11.0. The summed E-state index contributed by atoms with van der Waals surface area (Å²) < 4.78 is 0. The molecule has 0 radical (unpaired) electrons. The van der Waals surface area contributed by atoms with Gasteiger partial charge in [0.25, 0.3) is 5.91 Å². The van der Waals surface area contributed by atoms with Crippen molar-refractivity contribution in [3.8, 4) is 0 Å². The van der Waals surface area contributed by atoms with Crippen LogP contribution in [0.2, 0.25) is 0 Å². The quantitative estimate of drug-likeness (QED) is 0.847. The number of fused-ring (bicyclic) bond motifs is 1. The molecule has 5 nitrogen and oxygen atoms in total. The summed E-state index contributed by atoms with van der Waals surface area (Å²) in [6.45, 7) is 4.83. The van der Waals surface area contributed by atoms with Crippen LogP contribution in [0.4, 0.5) is 5.69 Å². The molecule has 5 heteroatoms. The second-order valence-corrected chi connectivity index (χ2v) is 4.95. The van der Waals surface area contributed by atoms with E-state index in [1.54, 1.807) is 7.05 Å². The third-order valence-corrected chi connectivity index (χ3v) is 2.80. The summed E-state index contributed by atoms with van der Waals surface area (Å²) in [6.07, 6.45) is 0. The van der Waals surface area contributed by atoms with Crippen molar-refractivity contribution in [3.05, 3.63) is 24.0 Å². The van der Waals surface area contributed by atoms with E-state index in [2.05, 4.69) is 9.97 Å². The Kier molecular flexibility index (Phi) is 2.86. The number of aryl methyl sites for hydroxylation is 1. The van der Waals surface area contributed by atoms with E-state index in [4.69, 9.17) is 0 Å². The lowest BCUT2D eigenvalue weighted by molar-refractivity contribution is -0.133. The van der Waals surface area contributed by atoms with Crippen molar-refractivity contribution >= 4 is 22.6 Å². The van der Waals surface area contributed by atoms with E-state index in [1.165, 1.54) is 18.7 Å². The minimum absolute atomic E-state index is 0.349. The van der Waals surface area contributed by atoms with Crippen molar-refractivity contribution in [1.29, 1.82) is 0 Å². The smallest absolute Gasteiger partial charge is 0.258 e. The van der Waals surface area contributed by atoms with Crippen LogP contribution >= 0.6 is 0 Å². The third-order valence-electron chi connectivity index (χ3n) is 2.80. The second kappa shape index (κ2) is 4.10. The Morgan fingerprint density at radius 2 is 2.11 bits per heavy atom. The minimum atomic E-state index is -1.38. The van der Waals surface area contributed by atoms with Gasteiger partial charge in [0.2, 0.25) is 0 Å². The minimum Gasteiger partial charge on any atom is -0.381 e. The Morgan fingerprint density at radius 3 is 2.72 bits per heavy atom. The van der Waals surface area contributed by atoms with Crippen molar-refractivity contribution in [2.45, 2.75) is 26.4 Å². The fraction of sp³-hybridized carbons (Fsp3) is 0.385. The maximum atomic E-state index is 12.0. The van der Waals surface area contributed by atoms with E-state index in [1.807, 2.05) is 25.1 Å². The fourth-order valence-corrected chi connectivity index (χ4v) is 1.86. The van der Waals surface area contributed by atoms with Crippen molar-refractivity contribution in [2.24, 2.45) is 0 Å². The number of aliphatic hydroxyl groups is 1. The van der Waals surface area contributed by atoms with Crippen LogP contribution in [0.25, 0.3) is 11.0 Å². The van der Waals surface area contributed by atoms with Gasteiger partial charge in [-0.2, -0.15) is 0 Å². The molecule has 0 saturated heterocycles. The molecule has 0 aliphatic carbocycles. The number of hydrogen-bond donors (Lipinski definition) is 2. The first kappa shape index (κ1) is 12.6. The van der Waals surface area contributed by atoms with E-state index in [-0.39, 0.29) is 5.91 Å². The molecule has 1 heterocycles. The summed E-state index contributed by atoms with van der Waals surface area (Å²) in [7, 11) is 1.64. The number of imidazole rings is 1. The monoisotopic (exact) mass is 247 g/mol.